The van der Waals surface area contributed by atoms with Gasteiger partial charge >= 0.3 is 0 Å². The quantitative estimate of drug-likeness (QED) is 0.749. The highest BCUT2D eigenvalue weighted by molar-refractivity contribution is 9.11. The van der Waals surface area contributed by atoms with E-state index in [1.807, 2.05) is 42.5 Å². The minimum Gasteiger partial charge on any atom is -0.495 e. The van der Waals surface area contributed by atoms with Gasteiger partial charge in [-0.2, -0.15) is 0 Å². The van der Waals surface area contributed by atoms with E-state index >= 15 is 0 Å². The van der Waals surface area contributed by atoms with Gasteiger partial charge in [-0.3, -0.25) is 0 Å². The second kappa shape index (κ2) is 7.94. The third-order valence-electron chi connectivity index (χ3n) is 3.13. The molecule has 0 unspecified atom stereocenters. The number of halogens is 2. The van der Waals surface area contributed by atoms with Gasteiger partial charge < -0.3 is 15.2 Å². The number of rotatable bonds is 6. The second-order valence-electron chi connectivity index (χ2n) is 4.64. The molecule has 0 aromatic heterocycles. The Morgan fingerprint density at radius 2 is 1.90 bits per heavy atom. The first-order valence-electron chi connectivity index (χ1n) is 6.57. The molecule has 0 spiro atoms. The number of aliphatic hydroxyl groups excluding tert-OH is 1. The first kappa shape index (κ1) is 16.5. The zero-order valence-electron chi connectivity index (χ0n) is 11.6. The molecule has 3 nitrogen and oxygen atoms in total. The summed E-state index contributed by atoms with van der Waals surface area (Å²) >= 11 is 6.95. The van der Waals surface area contributed by atoms with Crippen LogP contribution in [0.4, 0.5) is 0 Å². The largest absolute Gasteiger partial charge is 0.495 e. The molecular formula is C16H17Br2NO2. The summed E-state index contributed by atoms with van der Waals surface area (Å²) in [4.78, 5) is 0. The van der Waals surface area contributed by atoms with E-state index in [9.17, 15) is 5.11 Å². The summed E-state index contributed by atoms with van der Waals surface area (Å²) in [6.45, 7) is 1.10. The minimum absolute atomic E-state index is 0.483. The Kier molecular flexibility index (Phi) is 6.23. The van der Waals surface area contributed by atoms with Crippen molar-refractivity contribution in [2.45, 2.75) is 12.6 Å². The highest BCUT2D eigenvalue weighted by atomic mass is 79.9. The molecule has 0 bridgehead atoms. The Labute approximate surface area is 141 Å². The first-order valence-corrected chi connectivity index (χ1v) is 8.16. The molecule has 0 aliphatic heterocycles. The lowest BCUT2D eigenvalue weighted by Gasteiger charge is -2.15. The SMILES string of the molecule is COc1c(Br)cc(Br)cc1CNC[C@@H](O)c1ccccc1. The lowest BCUT2D eigenvalue weighted by atomic mass is 10.1. The van der Waals surface area contributed by atoms with Crippen LogP contribution in [-0.4, -0.2) is 18.8 Å². The summed E-state index contributed by atoms with van der Waals surface area (Å²) in [5.74, 6) is 0.805. The van der Waals surface area contributed by atoms with E-state index in [2.05, 4.69) is 37.2 Å². The Hall–Kier alpha value is -0.880. The molecule has 2 N–H and O–H groups in total. The van der Waals surface area contributed by atoms with Gasteiger partial charge in [-0.1, -0.05) is 46.3 Å². The van der Waals surface area contributed by atoms with Crippen molar-refractivity contribution < 1.29 is 9.84 Å². The van der Waals surface area contributed by atoms with E-state index in [0.717, 1.165) is 25.8 Å². The zero-order valence-corrected chi connectivity index (χ0v) is 14.8. The van der Waals surface area contributed by atoms with Gasteiger partial charge in [-0.05, 0) is 33.6 Å². The number of hydrogen-bond acceptors (Lipinski definition) is 3. The summed E-state index contributed by atoms with van der Waals surface area (Å²) in [6, 6.07) is 13.6. The van der Waals surface area contributed by atoms with E-state index < -0.39 is 6.10 Å². The molecule has 5 heteroatoms. The number of hydrogen-bond donors (Lipinski definition) is 2. The summed E-state index contributed by atoms with van der Waals surface area (Å²) < 4.78 is 7.29. The molecule has 112 valence electrons. The Morgan fingerprint density at radius 3 is 2.57 bits per heavy atom. The van der Waals surface area contributed by atoms with E-state index in [1.54, 1.807) is 7.11 Å². The van der Waals surface area contributed by atoms with Crippen LogP contribution < -0.4 is 10.1 Å². The van der Waals surface area contributed by atoms with Crippen LogP contribution in [0.25, 0.3) is 0 Å². The monoisotopic (exact) mass is 413 g/mol. The second-order valence-corrected chi connectivity index (χ2v) is 6.41. The van der Waals surface area contributed by atoms with Crippen molar-refractivity contribution in [3.05, 3.63) is 62.5 Å². The summed E-state index contributed by atoms with van der Waals surface area (Å²) in [5, 5.41) is 13.4. The zero-order chi connectivity index (χ0) is 15.2. The van der Waals surface area contributed by atoms with Gasteiger partial charge in [0.1, 0.15) is 5.75 Å². The fourth-order valence-corrected chi connectivity index (χ4v) is 3.59. The molecule has 0 saturated carbocycles. The molecule has 2 rings (SSSR count). The van der Waals surface area contributed by atoms with Gasteiger partial charge in [0.2, 0.25) is 0 Å². The molecule has 0 radical (unpaired) electrons. The molecule has 21 heavy (non-hydrogen) atoms. The van der Waals surface area contributed by atoms with Crippen LogP contribution in [-0.2, 0) is 6.54 Å². The lowest BCUT2D eigenvalue weighted by molar-refractivity contribution is 0.174. The average molecular weight is 415 g/mol. The van der Waals surface area contributed by atoms with Gasteiger partial charge in [0.05, 0.1) is 17.7 Å². The number of ether oxygens (including phenoxy) is 1. The van der Waals surface area contributed by atoms with Crippen LogP contribution in [0.2, 0.25) is 0 Å². The van der Waals surface area contributed by atoms with Gasteiger partial charge in [-0.25, -0.2) is 0 Å². The van der Waals surface area contributed by atoms with Crippen molar-refractivity contribution in [2.75, 3.05) is 13.7 Å². The number of aliphatic hydroxyl groups is 1. The van der Waals surface area contributed by atoms with E-state index in [4.69, 9.17) is 4.74 Å². The highest BCUT2D eigenvalue weighted by Crippen LogP contribution is 2.32. The van der Waals surface area contributed by atoms with Crippen LogP contribution in [0, 0.1) is 0 Å². The maximum Gasteiger partial charge on any atom is 0.137 e. The number of methoxy groups -OCH3 is 1. The maximum atomic E-state index is 10.1. The van der Waals surface area contributed by atoms with Crippen LogP contribution >= 0.6 is 31.9 Å². The van der Waals surface area contributed by atoms with Crippen molar-refractivity contribution in [1.82, 2.24) is 5.32 Å². The fourth-order valence-electron chi connectivity index (χ4n) is 2.11. The first-order chi connectivity index (χ1) is 10.1. The molecule has 0 heterocycles. The van der Waals surface area contributed by atoms with Crippen LogP contribution in [0.3, 0.4) is 0 Å². The lowest BCUT2D eigenvalue weighted by Crippen LogP contribution is -2.21. The predicted octanol–water partition coefficient (Wildman–Crippen LogP) is 4.04. The van der Waals surface area contributed by atoms with E-state index in [-0.39, 0.29) is 0 Å². The molecule has 0 amide bonds. The maximum absolute atomic E-state index is 10.1. The molecule has 0 aliphatic rings. The minimum atomic E-state index is -0.521. The third kappa shape index (κ3) is 4.54. The molecule has 0 fully saturated rings. The Balaban J connectivity index is 1.98. The van der Waals surface area contributed by atoms with Crippen molar-refractivity contribution >= 4 is 31.9 Å². The number of benzene rings is 2. The van der Waals surface area contributed by atoms with E-state index in [1.165, 1.54) is 0 Å². The Bertz CT molecular complexity index is 590. The van der Waals surface area contributed by atoms with Crippen molar-refractivity contribution in [2.24, 2.45) is 0 Å². The van der Waals surface area contributed by atoms with Crippen molar-refractivity contribution in [3.8, 4) is 5.75 Å². The average Bonchev–Trinajstić information content (AvgIpc) is 2.47. The number of nitrogens with one attached hydrogen (secondary N) is 1. The standard InChI is InChI=1S/C16H17Br2NO2/c1-21-16-12(7-13(17)8-14(16)18)9-19-10-15(20)11-5-3-2-4-6-11/h2-8,15,19-20H,9-10H2,1H3/t15-/m1/s1. The van der Waals surface area contributed by atoms with Crippen LogP contribution in [0.1, 0.15) is 17.2 Å². The van der Waals surface area contributed by atoms with Crippen molar-refractivity contribution in [3.63, 3.8) is 0 Å². The molecule has 2 aromatic rings. The van der Waals surface area contributed by atoms with Crippen LogP contribution in [0.15, 0.2) is 51.4 Å². The topological polar surface area (TPSA) is 41.5 Å². The van der Waals surface area contributed by atoms with Gasteiger partial charge in [-0.15, -0.1) is 0 Å². The third-order valence-corrected chi connectivity index (χ3v) is 4.17. The smallest absolute Gasteiger partial charge is 0.137 e. The normalized spacial score (nSPS) is 12.2. The van der Waals surface area contributed by atoms with Gasteiger partial charge in [0.25, 0.3) is 0 Å². The molecule has 2 aromatic carbocycles. The van der Waals surface area contributed by atoms with Crippen LogP contribution in [0.5, 0.6) is 5.75 Å². The summed E-state index contributed by atoms with van der Waals surface area (Å²) in [7, 11) is 1.65. The summed E-state index contributed by atoms with van der Waals surface area (Å²) in [6.07, 6.45) is -0.521. The molecule has 1 atom stereocenters. The summed E-state index contributed by atoms with van der Waals surface area (Å²) in [5.41, 5.74) is 1.94. The molecule has 0 saturated heterocycles. The van der Waals surface area contributed by atoms with Gasteiger partial charge in [0, 0.05) is 23.1 Å². The highest BCUT2D eigenvalue weighted by Gasteiger charge is 2.11. The molecule has 0 aliphatic carbocycles. The van der Waals surface area contributed by atoms with E-state index in [0.29, 0.717) is 13.1 Å². The Morgan fingerprint density at radius 1 is 1.19 bits per heavy atom. The van der Waals surface area contributed by atoms with Crippen molar-refractivity contribution in [1.29, 1.82) is 0 Å². The fraction of sp³-hybridized carbons (Fsp3) is 0.250. The molecular weight excluding hydrogens is 398 g/mol. The van der Waals surface area contributed by atoms with Gasteiger partial charge in [0.15, 0.2) is 0 Å². The predicted molar refractivity (Wildman–Crippen MR) is 91.5 cm³/mol.